The van der Waals surface area contributed by atoms with Crippen molar-refractivity contribution < 1.29 is 33.1 Å². The van der Waals surface area contributed by atoms with Crippen LogP contribution in [-0.2, 0) is 22.9 Å². The molecule has 4 atom stereocenters. The van der Waals surface area contributed by atoms with E-state index >= 15 is 0 Å². The van der Waals surface area contributed by atoms with Crippen LogP contribution in [0.15, 0.2) is 21.9 Å². The largest absolute Gasteiger partial charge is 0.476 e. The number of aromatic nitrogens is 2. The van der Waals surface area contributed by atoms with Crippen LogP contribution < -0.4 is 11.2 Å². The van der Waals surface area contributed by atoms with Gasteiger partial charge in [-0.15, -0.1) is 0 Å². The smallest absolute Gasteiger partial charge is 0.394 e. The second kappa shape index (κ2) is 8.43. The molecule has 1 aromatic heterocycles. The minimum absolute atomic E-state index is 0.583. The van der Waals surface area contributed by atoms with E-state index in [9.17, 15) is 24.4 Å². The van der Waals surface area contributed by atoms with Crippen molar-refractivity contribution in [1.29, 1.82) is 0 Å². The van der Waals surface area contributed by atoms with E-state index in [1.807, 2.05) is 0 Å². The van der Waals surface area contributed by atoms with Crippen LogP contribution in [0.4, 0.5) is 0 Å². The fourth-order valence-electron chi connectivity index (χ4n) is 2.72. The third-order valence-electron chi connectivity index (χ3n) is 3.64. The first-order chi connectivity index (χ1) is 13.1. The third kappa shape index (κ3) is 6.32. The van der Waals surface area contributed by atoms with E-state index in [-0.39, 0.29) is 0 Å². The molecule has 0 amide bonds. The minimum Gasteiger partial charge on any atom is -0.394 e. The van der Waals surface area contributed by atoms with E-state index in [1.165, 1.54) is 0 Å². The molecular formula is C17H29N2O9P. The summed E-state index contributed by atoms with van der Waals surface area (Å²) in [5, 5.41) is 20.0. The molecule has 2 heterocycles. The molecule has 0 unspecified atom stereocenters. The average Bonchev–Trinajstić information content (AvgIpc) is 2.79. The van der Waals surface area contributed by atoms with Gasteiger partial charge in [0.2, 0.25) is 0 Å². The van der Waals surface area contributed by atoms with Crippen LogP contribution in [0.3, 0.4) is 0 Å². The summed E-state index contributed by atoms with van der Waals surface area (Å²) < 4.78 is 36.6. The van der Waals surface area contributed by atoms with Crippen molar-refractivity contribution in [1.82, 2.24) is 9.55 Å². The number of nitrogens with one attached hydrogen (secondary N) is 1. The van der Waals surface area contributed by atoms with Gasteiger partial charge in [-0.1, -0.05) is 0 Å². The lowest BCUT2D eigenvalue weighted by atomic mass is 10.1. The van der Waals surface area contributed by atoms with Gasteiger partial charge in [-0.3, -0.25) is 27.9 Å². The molecule has 11 nitrogen and oxygen atoms in total. The Bertz CT molecular complexity index is 847. The molecule has 0 radical (unpaired) electrons. The number of nitrogens with zero attached hydrogens (tertiary/aromatic N) is 1. The number of aliphatic hydroxyl groups is 2. The lowest BCUT2D eigenvalue weighted by Crippen LogP contribution is -2.39. The lowest BCUT2D eigenvalue weighted by Gasteiger charge is -2.33. The zero-order valence-corrected chi connectivity index (χ0v) is 18.2. The number of H-pyrrole nitrogens is 1. The van der Waals surface area contributed by atoms with Gasteiger partial charge in [0.1, 0.15) is 18.3 Å². The molecule has 0 bridgehead atoms. The molecule has 1 aliphatic rings. The minimum atomic E-state index is -4.28. The molecule has 0 aromatic carbocycles. The maximum Gasteiger partial charge on any atom is 0.476 e. The Balaban J connectivity index is 2.45. The van der Waals surface area contributed by atoms with E-state index in [2.05, 4.69) is 4.98 Å². The van der Waals surface area contributed by atoms with Crippen molar-refractivity contribution in [2.75, 3.05) is 6.61 Å². The second-order valence-electron chi connectivity index (χ2n) is 8.68. The Hall–Kier alpha value is -1.33. The molecule has 1 saturated heterocycles. The van der Waals surface area contributed by atoms with Crippen LogP contribution in [0.25, 0.3) is 0 Å². The summed E-state index contributed by atoms with van der Waals surface area (Å²) in [5.41, 5.74) is -3.30. The predicted molar refractivity (Wildman–Crippen MR) is 102 cm³/mol. The molecular weight excluding hydrogens is 407 g/mol. The molecule has 2 rings (SSSR count). The summed E-state index contributed by atoms with van der Waals surface area (Å²) in [7, 11) is -4.28. The van der Waals surface area contributed by atoms with Crippen molar-refractivity contribution >= 4 is 7.82 Å². The van der Waals surface area contributed by atoms with Crippen molar-refractivity contribution in [3.8, 4) is 0 Å². The SMILES string of the molecule is CC(C)(C)OP(=O)(O[C@@H]1[C@H](O)[C@@H](CO)O[C@H]1n1ccc(=O)[nH]c1=O)OC(C)(C)C. The third-order valence-corrected chi connectivity index (χ3v) is 5.68. The molecule has 0 saturated carbocycles. The predicted octanol–water partition coefficient (Wildman–Crippen LogP) is 0.911. The summed E-state index contributed by atoms with van der Waals surface area (Å²) in [6, 6.07) is 1.08. The maximum absolute atomic E-state index is 13.4. The fraction of sp³-hybridized carbons (Fsp3) is 0.765. The van der Waals surface area contributed by atoms with Gasteiger partial charge < -0.3 is 14.9 Å². The molecule has 29 heavy (non-hydrogen) atoms. The monoisotopic (exact) mass is 436 g/mol. The lowest BCUT2D eigenvalue weighted by molar-refractivity contribution is -0.0661. The van der Waals surface area contributed by atoms with Crippen LogP contribution in [0.2, 0.25) is 0 Å². The quantitative estimate of drug-likeness (QED) is 0.553. The van der Waals surface area contributed by atoms with Crippen molar-refractivity contribution in [2.45, 2.75) is 77.3 Å². The topological polar surface area (TPSA) is 149 Å². The molecule has 0 spiro atoms. The van der Waals surface area contributed by atoms with Gasteiger partial charge in [0, 0.05) is 12.3 Å². The summed E-state index contributed by atoms with van der Waals surface area (Å²) in [6.07, 6.45) is -4.13. The zero-order valence-electron chi connectivity index (χ0n) is 17.3. The van der Waals surface area contributed by atoms with E-state index in [0.29, 0.717) is 0 Å². The highest BCUT2D eigenvalue weighted by atomic mass is 31.2. The normalized spacial score (nSPS) is 26.1. The summed E-state index contributed by atoms with van der Waals surface area (Å²) in [6.45, 7) is 9.32. The van der Waals surface area contributed by atoms with Crippen LogP contribution in [0, 0.1) is 0 Å². The van der Waals surface area contributed by atoms with Gasteiger partial charge in [0.05, 0.1) is 17.8 Å². The number of aromatic amines is 1. The highest BCUT2D eigenvalue weighted by molar-refractivity contribution is 7.48. The first kappa shape index (κ1) is 23.9. The number of rotatable bonds is 6. The van der Waals surface area contributed by atoms with E-state index in [0.717, 1.165) is 16.8 Å². The first-order valence-electron chi connectivity index (χ1n) is 9.10. The first-order valence-corrected chi connectivity index (χ1v) is 10.6. The van der Waals surface area contributed by atoms with Crippen LogP contribution in [0.5, 0.6) is 0 Å². The Morgan fingerprint density at radius 2 is 1.72 bits per heavy atom. The Morgan fingerprint density at radius 1 is 1.17 bits per heavy atom. The van der Waals surface area contributed by atoms with Gasteiger partial charge in [0.15, 0.2) is 6.23 Å². The maximum atomic E-state index is 13.4. The number of ether oxygens (including phenoxy) is 1. The van der Waals surface area contributed by atoms with Gasteiger partial charge in [0.25, 0.3) is 5.56 Å². The molecule has 0 aliphatic carbocycles. The highest BCUT2D eigenvalue weighted by Gasteiger charge is 2.51. The molecule has 1 aromatic rings. The fourth-order valence-corrected chi connectivity index (χ4v) is 4.71. The van der Waals surface area contributed by atoms with E-state index in [1.54, 1.807) is 41.5 Å². The van der Waals surface area contributed by atoms with Crippen molar-refractivity contribution in [2.24, 2.45) is 0 Å². The number of hydrogen-bond donors (Lipinski definition) is 3. The second-order valence-corrected chi connectivity index (χ2v) is 10.2. The number of phosphoric ester groups is 1. The van der Waals surface area contributed by atoms with Gasteiger partial charge in [-0.2, -0.15) is 0 Å². The summed E-state index contributed by atoms with van der Waals surface area (Å²) in [4.78, 5) is 25.6. The molecule has 3 N–H and O–H groups in total. The summed E-state index contributed by atoms with van der Waals surface area (Å²) >= 11 is 0. The Labute approximate surface area is 168 Å². The average molecular weight is 436 g/mol. The van der Waals surface area contributed by atoms with Crippen molar-refractivity contribution in [3.05, 3.63) is 33.1 Å². The Morgan fingerprint density at radius 3 is 2.17 bits per heavy atom. The van der Waals surface area contributed by atoms with Gasteiger partial charge >= 0.3 is 13.5 Å². The number of hydrogen-bond acceptors (Lipinski definition) is 9. The van der Waals surface area contributed by atoms with Gasteiger partial charge in [-0.25, -0.2) is 9.36 Å². The van der Waals surface area contributed by atoms with E-state index in [4.69, 9.17) is 18.3 Å². The van der Waals surface area contributed by atoms with E-state index < -0.39 is 61.4 Å². The van der Waals surface area contributed by atoms with Crippen molar-refractivity contribution in [3.63, 3.8) is 0 Å². The molecule has 1 aliphatic heterocycles. The standard InChI is InChI=1S/C17H29N2O9P/c1-16(2,3)27-29(24,28-17(4,5)6)26-13-12(22)10(9-20)25-14(13)19-8-7-11(21)18-15(19)23/h7-8,10,12-14,20,22H,9H2,1-6H3,(H,18,21,23)/t10-,12-,13-,14-/m1/s1. The highest BCUT2D eigenvalue weighted by Crippen LogP contribution is 2.58. The Kier molecular flexibility index (Phi) is 6.96. The molecule has 12 heteroatoms. The van der Waals surface area contributed by atoms with Crippen LogP contribution in [-0.4, -0.2) is 55.9 Å². The number of aliphatic hydroxyl groups excluding tert-OH is 2. The number of phosphoric acid groups is 1. The molecule has 1 fully saturated rings. The summed E-state index contributed by atoms with van der Waals surface area (Å²) in [5.74, 6) is 0. The van der Waals surface area contributed by atoms with Gasteiger partial charge in [-0.05, 0) is 41.5 Å². The van der Waals surface area contributed by atoms with Crippen LogP contribution in [0.1, 0.15) is 47.8 Å². The van der Waals surface area contributed by atoms with Crippen LogP contribution >= 0.6 is 7.82 Å². The zero-order chi connectivity index (χ0) is 22.2. The molecule has 166 valence electrons.